The number of furan rings is 1. The van der Waals surface area contributed by atoms with Gasteiger partial charge in [-0.2, -0.15) is 5.10 Å². The molecule has 0 amide bonds. The molecule has 5 heterocycles. The van der Waals surface area contributed by atoms with Crippen LogP contribution in [0.5, 0.6) is 5.75 Å². The van der Waals surface area contributed by atoms with E-state index in [0.29, 0.717) is 6.10 Å². The summed E-state index contributed by atoms with van der Waals surface area (Å²) >= 11 is 0. The lowest BCUT2D eigenvalue weighted by molar-refractivity contribution is 0.154. The third-order valence-electron chi connectivity index (χ3n) is 7.06. The van der Waals surface area contributed by atoms with Crippen molar-refractivity contribution in [2.45, 2.75) is 38.2 Å². The number of hydrogen-bond acceptors (Lipinski definition) is 5. The largest absolute Gasteiger partial charge is 0.489 e. The fourth-order valence-corrected chi connectivity index (χ4v) is 5.23. The molecule has 36 heavy (non-hydrogen) atoms. The highest BCUT2D eigenvalue weighted by molar-refractivity contribution is 6.00. The molecule has 2 N–H and O–H groups in total. The first-order valence-electron chi connectivity index (χ1n) is 12.4. The van der Waals surface area contributed by atoms with Crippen molar-refractivity contribution in [3.05, 3.63) is 73.6 Å². The third kappa shape index (κ3) is 3.73. The van der Waals surface area contributed by atoms with Gasteiger partial charge in [0, 0.05) is 39.8 Å². The Morgan fingerprint density at radius 3 is 2.64 bits per heavy atom. The second-order valence-corrected chi connectivity index (χ2v) is 9.44. The standard InChI is InChI=1S/C29H25N5O2/c1-2-4-21(5-3-1)36-22-12-20(15-30-16-22)18-6-7-26-23(13-18)29(34-33-26)27-14-24-25(32-27)8-10-31-28(24)19-9-11-35-17-19/h6-17,21,32H,1-5H2,(H,33,34). The van der Waals surface area contributed by atoms with Crippen molar-refractivity contribution in [2.24, 2.45) is 0 Å². The van der Waals surface area contributed by atoms with E-state index in [1.54, 1.807) is 18.7 Å². The predicted octanol–water partition coefficient (Wildman–Crippen LogP) is 7.14. The molecular weight excluding hydrogens is 450 g/mol. The van der Waals surface area contributed by atoms with Crippen molar-refractivity contribution < 1.29 is 9.15 Å². The Bertz CT molecular complexity index is 1660. The average molecular weight is 476 g/mol. The quantitative estimate of drug-likeness (QED) is 0.276. The molecule has 1 saturated carbocycles. The fraction of sp³-hybridized carbons (Fsp3) is 0.207. The SMILES string of the molecule is c1cc2[nH]c(-c3n[nH]c4ccc(-c5cncc(OC6CCCCC6)c5)cc34)cc2c(-c2ccoc2)n1. The van der Waals surface area contributed by atoms with Crippen molar-refractivity contribution in [3.63, 3.8) is 0 Å². The molecule has 0 saturated heterocycles. The van der Waals surface area contributed by atoms with Gasteiger partial charge in [-0.15, -0.1) is 0 Å². The monoisotopic (exact) mass is 475 g/mol. The Balaban J connectivity index is 1.26. The molecule has 1 aliphatic carbocycles. The minimum atomic E-state index is 0.294. The van der Waals surface area contributed by atoms with Crippen molar-refractivity contribution in [2.75, 3.05) is 0 Å². The van der Waals surface area contributed by atoms with Crippen LogP contribution < -0.4 is 4.74 Å². The Hall–Kier alpha value is -4.39. The molecule has 1 aliphatic rings. The van der Waals surface area contributed by atoms with Gasteiger partial charge in [0.2, 0.25) is 0 Å². The Morgan fingerprint density at radius 2 is 1.75 bits per heavy atom. The van der Waals surface area contributed by atoms with Crippen LogP contribution in [0.3, 0.4) is 0 Å². The van der Waals surface area contributed by atoms with Gasteiger partial charge in [-0.1, -0.05) is 12.5 Å². The molecule has 0 radical (unpaired) electrons. The minimum absolute atomic E-state index is 0.294. The molecule has 0 atom stereocenters. The highest BCUT2D eigenvalue weighted by Crippen LogP contribution is 2.35. The summed E-state index contributed by atoms with van der Waals surface area (Å²) in [7, 11) is 0. The summed E-state index contributed by atoms with van der Waals surface area (Å²) < 4.78 is 11.5. The van der Waals surface area contributed by atoms with Crippen LogP contribution in [0, 0.1) is 0 Å². The van der Waals surface area contributed by atoms with Crippen LogP contribution in [0.2, 0.25) is 0 Å². The summed E-state index contributed by atoms with van der Waals surface area (Å²) in [4.78, 5) is 12.6. The number of nitrogens with zero attached hydrogens (tertiary/aromatic N) is 3. The van der Waals surface area contributed by atoms with E-state index in [9.17, 15) is 0 Å². The maximum atomic E-state index is 6.26. The van der Waals surface area contributed by atoms with E-state index in [4.69, 9.17) is 9.15 Å². The zero-order valence-electron chi connectivity index (χ0n) is 19.7. The van der Waals surface area contributed by atoms with E-state index >= 15 is 0 Å². The van der Waals surface area contributed by atoms with E-state index in [1.165, 1.54) is 19.3 Å². The number of rotatable bonds is 5. The van der Waals surface area contributed by atoms with Crippen LogP contribution in [-0.4, -0.2) is 31.3 Å². The highest BCUT2D eigenvalue weighted by atomic mass is 16.5. The van der Waals surface area contributed by atoms with E-state index < -0.39 is 0 Å². The second kappa shape index (κ2) is 8.68. The molecule has 6 aromatic rings. The van der Waals surface area contributed by atoms with Crippen molar-refractivity contribution >= 4 is 21.8 Å². The van der Waals surface area contributed by atoms with Crippen molar-refractivity contribution in [3.8, 4) is 39.5 Å². The molecule has 1 aromatic carbocycles. The number of nitrogens with one attached hydrogen (secondary N) is 2. The summed E-state index contributed by atoms with van der Waals surface area (Å²) in [6.07, 6.45) is 15.2. The summed E-state index contributed by atoms with van der Waals surface area (Å²) in [5.74, 6) is 0.835. The van der Waals surface area contributed by atoms with Gasteiger partial charge in [0.15, 0.2) is 0 Å². The van der Waals surface area contributed by atoms with E-state index in [-0.39, 0.29) is 0 Å². The van der Waals surface area contributed by atoms with Crippen LogP contribution >= 0.6 is 0 Å². The highest BCUT2D eigenvalue weighted by Gasteiger charge is 2.17. The van der Waals surface area contributed by atoms with E-state index in [0.717, 1.165) is 74.2 Å². The first-order chi connectivity index (χ1) is 17.8. The lowest BCUT2D eigenvalue weighted by atomic mass is 9.98. The van der Waals surface area contributed by atoms with Gasteiger partial charge in [0.05, 0.1) is 41.7 Å². The number of aromatic amines is 2. The molecule has 7 heteroatoms. The van der Waals surface area contributed by atoms with Gasteiger partial charge in [-0.05, 0) is 67.6 Å². The first kappa shape index (κ1) is 20.9. The molecule has 0 bridgehead atoms. The predicted molar refractivity (Wildman–Crippen MR) is 140 cm³/mol. The lowest BCUT2D eigenvalue weighted by Crippen LogP contribution is -2.19. The molecule has 1 fully saturated rings. The lowest BCUT2D eigenvalue weighted by Gasteiger charge is -2.23. The van der Waals surface area contributed by atoms with Crippen molar-refractivity contribution in [1.82, 2.24) is 25.1 Å². The smallest absolute Gasteiger partial charge is 0.138 e. The second-order valence-electron chi connectivity index (χ2n) is 9.44. The van der Waals surface area contributed by atoms with Crippen LogP contribution in [0.15, 0.2) is 78.0 Å². The van der Waals surface area contributed by atoms with Crippen LogP contribution in [0.25, 0.3) is 55.6 Å². The summed E-state index contributed by atoms with van der Waals surface area (Å²) in [6, 6.07) is 14.4. The summed E-state index contributed by atoms with van der Waals surface area (Å²) in [6.45, 7) is 0. The van der Waals surface area contributed by atoms with Gasteiger partial charge >= 0.3 is 0 Å². The Morgan fingerprint density at radius 1 is 0.833 bits per heavy atom. The Kier molecular flexibility index (Phi) is 5.05. The molecular formula is C29H25N5O2. The number of benzene rings is 1. The van der Waals surface area contributed by atoms with E-state index in [2.05, 4.69) is 55.5 Å². The average Bonchev–Trinajstić information content (AvgIpc) is 3.68. The Labute approximate surface area is 207 Å². The van der Waals surface area contributed by atoms with Crippen LogP contribution in [0.1, 0.15) is 32.1 Å². The maximum absolute atomic E-state index is 6.26. The number of H-pyrrole nitrogens is 2. The van der Waals surface area contributed by atoms with Gasteiger partial charge in [0.1, 0.15) is 11.4 Å². The summed E-state index contributed by atoms with van der Waals surface area (Å²) in [5, 5.41) is 9.89. The third-order valence-corrected chi connectivity index (χ3v) is 7.06. The number of aromatic nitrogens is 5. The van der Waals surface area contributed by atoms with Gasteiger partial charge < -0.3 is 14.1 Å². The molecule has 178 valence electrons. The zero-order valence-corrected chi connectivity index (χ0v) is 19.7. The van der Waals surface area contributed by atoms with Gasteiger partial charge in [-0.3, -0.25) is 15.1 Å². The fourth-order valence-electron chi connectivity index (χ4n) is 5.23. The van der Waals surface area contributed by atoms with Gasteiger partial charge in [0.25, 0.3) is 0 Å². The molecule has 7 nitrogen and oxygen atoms in total. The van der Waals surface area contributed by atoms with Crippen LogP contribution in [-0.2, 0) is 0 Å². The molecule has 0 aliphatic heterocycles. The normalized spacial score (nSPS) is 14.6. The number of hydrogen-bond donors (Lipinski definition) is 2. The van der Waals surface area contributed by atoms with Crippen LogP contribution in [0.4, 0.5) is 0 Å². The minimum Gasteiger partial charge on any atom is -0.489 e. The molecule has 7 rings (SSSR count). The number of fused-ring (bicyclic) bond motifs is 2. The maximum Gasteiger partial charge on any atom is 0.138 e. The molecule has 0 unspecified atom stereocenters. The zero-order chi connectivity index (χ0) is 23.9. The molecule has 5 aromatic heterocycles. The van der Waals surface area contributed by atoms with Crippen molar-refractivity contribution in [1.29, 1.82) is 0 Å². The van der Waals surface area contributed by atoms with Gasteiger partial charge in [-0.25, -0.2) is 0 Å². The van der Waals surface area contributed by atoms with E-state index in [1.807, 2.05) is 24.5 Å². The molecule has 0 spiro atoms. The topological polar surface area (TPSA) is 92.6 Å². The number of ether oxygens (including phenoxy) is 1. The number of pyridine rings is 2. The first-order valence-corrected chi connectivity index (χ1v) is 12.4. The summed E-state index contributed by atoms with van der Waals surface area (Å²) in [5.41, 5.74) is 7.70.